The molecule has 0 unspecified atom stereocenters. The van der Waals surface area contributed by atoms with Gasteiger partial charge in [-0.05, 0) is 41.6 Å². The van der Waals surface area contributed by atoms with Crippen LogP contribution in [0.25, 0.3) is 0 Å². The molecule has 0 radical (unpaired) electrons. The summed E-state index contributed by atoms with van der Waals surface area (Å²) in [6, 6.07) is 2.94. The number of amides is 1. The van der Waals surface area contributed by atoms with E-state index >= 15 is 0 Å². The number of aliphatic hydroxyl groups is 1. The average Bonchev–Trinajstić information content (AvgIpc) is 2.31. The summed E-state index contributed by atoms with van der Waals surface area (Å²) in [5, 5.41) is 12.0. The van der Waals surface area contributed by atoms with Crippen molar-refractivity contribution in [1.82, 2.24) is 5.32 Å². The molecule has 0 spiro atoms. The fraction of sp³-hybridized carbons (Fsp3) is 0.364. The number of halogens is 2. The molecule has 94 valence electrons. The number of methoxy groups -OCH3 is 1. The molecule has 0 saturated carbocycles. The third-order valence-electron chi connectivity index (χ3n) is 2.14. The second-order valence-corrected chi connectivity index (χ2v) is 5.09. The van der Waals surface area contributed by atoms with E-state index in [1.165, 1.54) is 7.11 Å². The molecule has 1 amide bonds. The Labute approximate surface area is 118 Å². The van der Waals surface area contributed by atoms with Crippen molar-refractivity contribution in [1.29, 1.82) is 0 Å². The van der Waals surface area contributed by atoms with Gasteiger partial charge < -0.3 is 15.2 Å². The minimum absolute atomic E-state index is 0.119. The Morgan fingerprint density at radius 3 is 2.82 bits per heavy atom. The molecule has 4 nitrogen and oxygen atoms in total. The van der Waals surface area contributed by atoms with Gasteiger partial charge in [0.1, 0.15) is 5.75 Å². The van der Waals surface area contributed by atoms with E-state index in [9.17, 15) is 4.79 Å². The first kappa shape index (κ1) is 14.5. The summed E-state index contributed by atoms with van der Waals surface area (Å²) in [5.74, 6) is 0.142. The molecule has 0 aromatic heterocycles. The zero-order chi connectivity index (χ0) is 13.0. The first-order chi connectivity index (χ1) is 7.99. The average molecular weight is 370 g/mol. The van der Waals surface area contributed by atoms with Crippen LogP contribution < -0.4 is 10.1 Å². The molecule has 1 atom stereocenters. The standard InChI is InChI=1S/C11H13ClINO3/c1-6(5-15)14-11(16)7-3-8(12)9(13)4-10(7)17-2/h3-4,6,15H,5H2,1-2H3,(H,14,16)/t6-/m0/s1. The van der Waals surface area contributed by atoms with Gasteiger partial charge in [-0.3, -0.25) is 4.79 Å². The van der Waals surface area contributed by atoms with Crippen LogP contribution in [0, 0.1) is 3.57 Å². The van der Waals surface area contributed by atoms with Crippen LogP contribution in [-0.2, 0) is 0 Å². The number of carbonyl (C=O) groups is 1. The van der Waals surface area contributed by atoms with Crippen LogP contribution in [0.3, 0.4) is 0 Å². The van der Waals surface area contributed by atoms with Gasteiger partial charge in [0.2, 0.25) is 0 Å². The molecule has 0 saturated heterocycles. The number of ether oxygens (including phenoxy) is 1. The Bertz CT molecular complexity index is 425. The summed E-state index contributed by atoms with van der Waals surface area (Å²) in [7, 11) is 1.49. The van der Waals surface area contributed by atoms with Crippen molar-refractivity contribution in [3.63, 3.8) is 0 Å². The molecular formula is C11H13ClINO3. The molecule has 1 aromatic rings. The first-order valence-corrected chi connectivity index (χ1v) is 6.40. The van der Waals surface area contributed by atoms with Gasteiger partial charge in [0.15, 0.2) is 0 Å². The number of hydrogen-bond donors (Lipinski definition) is 2. The summed E-state index contributed by atoms with van der Waals surface area (Å²) in [5.41, 5.74) is 0.359. The molecule has 0 aliphatic carbocycles. The molecule has 0 aliphatic rings. The minimum Gasteiger partial charge on any atom is -0.496 e. The Morgan fingerprint density at radius 1 is 1.65 bits per heavy atom. The molecule has 1 rings (SSSR count). The van der Waals surface area contributed by atoms with E-state index < -0.39 is 0 Å². The van der Waals surface area contributed by atoms with Gasteiger partial charge >= 0.3 is 0 Å². The van der Waals surface area contributed by atoms with Crippen LogP contribution >= 0.6 is 34.2 Å². The van der Waals surface area contributed by atoms with Gasteiger partial charge in [-0.15, -0.1) is 0 Å². The molecule has 0 heterocycles. The SMILES string of the molecule is COc1cc(I)c(Cl)cc1C(=O)N[C@@H](C)CO. The summed E-state index contributed by atoms with van der Waals surface area (Å²) < 4.78 is 5.94. The number of carbonyl (C=O) groups excluding carboxylic acids is 1. The third-order valence-corrected chi connectivity index (χ3v) is 3.66. The van der Waals surface area contributed by atoms with Crippen molar-refractivity contribution in [3.8, 4) is 5.75 Å². The Hall–Kier alpha value is -0.530. The lowest BCUT2D eigenvalue weighted by molar-refractivity contribution is 0.0919. The zero-order valence-electron chi connectivity index (χ0n) is 9.46. The van der Waals surface area contributed by atoms with Crippen molar-refractivity contribution in [2.24, 2.45) is 0 Å². The maximum atomic E-state index is 11.9. The van der Waals surface area contributed by atoms with E-state index in [0.29, 0.717) is 16.3 Å². The van der Waals surface area contributed by atoms with Gasteiger partial charge in [0.05, 0.1) is 24.3 Å². The first-order valence-electron chi connectivity index (χ1n) is 4.94. The van der Waals surface area contributed by atoms with Gasteiger partial charge in [-0.1, -0.05) is 11.6 Å². The van der Waals surface area contributed by atoms with E-state index in [4.69, 9.17) is 21.4 Å². The summed E-state index contributed by atoms with van der Waals surface area (Å²) in [4.78, 5) is 11.9. The quantitative estimate of drug-likeness (QED) is 0.799. The highest BCUT2D eigenvalue weighted by molar-refractivity contribution is 14.1. The molecular weight excluding hydrogens is 356 g/mol. The molecule has 0 aliphatic heterocycles. The molecule has 6 heteroatoms. The monoisotopic (exact) mass is 369 g/mol. The molecule has 1 aromatic carbocycles. The maximum Gasteiger partial charge on any atom is 0.255 e. The summed E-state index contributed by atoms with van der Waals surface area (Å²) in [6.07, 6.45) is 0. The van der Waals surface area contributed by atoms with Crippen LogP contribution in [0.1, 0.15) is 17.3 Å². The Balaban J connectivity index is 3.03. The van der Waals surface area contributed by atoms with Gasteiger partial charge in [0, 0.05) is 9.61 Å². The normalized spacial score (nSPS) is 12.1. The summed E-state index contributed by atoms with van der Waals surface area (Å²) >= 11 is 8.03. The lowest BCUT2D eigenvalue weighted by Gasteiger charge is -2.13. The van der Waals surface area contributed by atoms with Crippen molar-refractivity contribution in [2.45, 2.75) is 13.0 Å². The van der Waals surface area contributed by atoms with Crippen molar-refractivity contribution < 1.29 is 14.6 Å². The van der Waals surface area contributed by atoms with Crippen molar-refractivity contribution in [2.75, 3.05) is 13.7 Å². The highest BCUT2D eigenvalue weighted by Gasteiger charge is 2.16. The van der Waals surface area contributed by atoms with Crippen molar-refractivity contribution >= 4 is 40.1 Å². The Kier molecular flexibility index (Phi) is 5.48. The van der Waals surface area contributed by atoms with Crippen LogP contribution in [-0.4, -0.2) is 30.8 Å². The van der Waals surface area contributed by atoms with Gasteiger partial charge in [-0.2, -0.15) is 0 Å². The molecule has 17 heavy (non-hydrogen) atoms. The zero-order valence-corrected chi connectivity index (χ0v) is 12.4. The fourth-order valence-corrected chi connectivity index (χ4v) is 1.82. The number of aliphatic hydroxyl groups excluding tert-OH is 1. The van der Waals surface area contributed by atoms with E-state index in [1.807, 2.05) is 0 Å². The van der Waals surface area contributed by atoms with Crippen LogP contribution in [0.4, 0.5) is 0 Å². The lowest BCUT2D eigenvalue weighted by atomic mass is 10.1. The predicted octanol–water partition coefficient (Wildman–Crippen LogP) is 2.06. The maximum absolute atomic E-state index is 11.9. The second-order valence-electron chi connectivity index (χ2n) is 3.52. The van der Waals surface area contributed by atoms with Crippen LogP contribution in [0.15, 0.2) is 12.1 Å². The molecule has 2 N–H and O–H groups in total. The number of benzene rings is 1. The minimum atomic E-state index is -0.318. The number of rotatable bonds is 4. The van der Waals surface area contributed by atoms with E-state index in [-0.39, 0.29) is 18.6 Å². The smallest absolute Gasteiger partial charge is 0.255 e. The number of nitrogens with one attached hydrogen (secondary N) is 1. The second kappa shape index (κ2) is 6.42. The van der Waals surface area contributed by atoms with Crippen LogP contribution in [0.5, 0.6) is 5.75 Å². The largest absolute Gasteiger partial charge is 0.496 e. The summed E-state index contributed by atoms with van der Waals surface area (Å²) in [6.45, 7) is 1.59. The predicted molar refractivity (Wildman–Crippen MR) is 74.7 cm³/mol. The van der Waals surface area contributed by atoms with E-state index in [0.717, 1.165) is 3.57 Å². The number of hydrogen-bond acceptors (Lipinski definition) is 3. The topological polar surface area (TPSA) is 58.6 Å². The third kappa shape index (κ3) is 3.72. The highest BCUT2D eigenvalue weighted by Crippen LogP contribution is 2.28. The molecule has 0 fully saturated rings. The van der Waals surface area contributed by atoms with Gasteiger partial charge in [0.25, 0.3) is 5.91 Å². The van der Waals surface area contributed by atoms with Gasteiger partial charge in [-0.25, -0.2) is 0 Å². The van der Waals surface area contributed by atoms with Crippen LogP contribution in [0.2, 0.25) is 5.02 Å². The molecule has 0 bridgehead atoms. The fourth-order valence-electron chi connectivity index (χ4n) is 1.22. The lowest BCUT2D eigenvalue weighted by Crippen LogP contribution is -2.35. The van der Waals surface area contributed by atoms with E-state index in [2.05, 4.69) is 27.9 Å². The van der Waals surface area contributed by atoms with Crippen molar-refractivity contribution in [3.05, 3.63) is 26.3 Å². The highest BCUT2D eigenvalue weighted by atomic mass is 127. The Morgan fingerprint density at radius 2 is 2.29 bits per heavy atom. The van der Waals surface area contributed by atoms with E-state index in [1.54, 1.807) is 19.1 Å².